The molecule has 2 aromatic rings. The van der Waals surface area contributed by atoms with Crippen molar-refractivity contribution >= 4 is 12.0 Å². The number of aldehydes is 1. The molecule has 1 aliphatic carbocycles. The van der Waals surface area contributed by atoms with Gasteiger partial charge in [-0.1, -0.05) is 24.3 Å². The maximum atomic E-state index is 11.1. The van der Waals surface area contributed by atoms with E-state index in [1.54, 1.807) is 0 Å². The lowest BCUT2D eigenvalue weighted by Gasteiger charge is -2.04. The van der Waals surface area contributed by atoms with Crippen LogP contribution in [0.3, 0.4) is 0 Å². The van der Waals surface area contributed by atoms with Gasteiger partial charge in [0.1, 0.15) is 6.29 Å². The number of benzene rings is 2. The predicted molar refractivity (Wildman–Crippen MR) is 66.7 cm³/mol. The van der Waals surface area contributed by atoms with Gasteiger partial charge in [0.25, 0.3) is 5.69 Å². The van der Waals surface area contributed by atoms with Crippen molar-refractivity contribution in [3.63, 3.8) is 0 Å². The van der Waals surface area contributed by atoms with Gasteiger partial charge >= 0.3 is 0 Å². The van der Waals surface area contributed by atoms with Crippen molar-refractivity contribution in [1.29, 1.82) is 0 Å². The van der Waals surface area contributed by atoms with Crippen molar-refractivity contribution < 1.29 is 9.72 Å². The maximum absolute atomic E-state index is 11.1. The Hall–Kier alpha value is -2.49. The maximum Gasteiger partial charge on any atom is 0.277 e. The third-order valence-corrected chi connectivity index (χ3v) is 3.30. The molecule has 0 N–H and O–H groups in total. The summed E-state index contributed by atoms with van der Waals surface area (Å²) in [6, 6.07) is 10.5. The van der Waals surface area contributed by atoms with Crippen LogP contribution >= 0.6 is 0 Å². The largest absolute Gasteiger partial charge is 0.298 e. The molecule has 0 amide bonds. The number of carbonyl (C=O) groups excluding carboxylic acids is 1. The standard InChI is InChI=1S/C14H9NO3/c16-8-10-5-6-13(15(17)18)14-11-4-2-1-3-9(11)7-12(10)14/h1-6,8H,7H2. The van der Waals surface area contributed by atoms with Crippen molar-refractivity contribution in [3.8, 4) is 11.1 Å². The summed E-state index contributed by atoms with van der Waals surface area (Å²) in [7, 11) is 0. The fourth-order valence-corrected chi connectivity index (χ4v) is 2.51. The van der Waals surface area contributed by atoms with E-state index in [4.69, 9.17) is 0 Å². The number of nitro benzene ring substituents is 1. The summed E-state index contributed by atoms with van der Waals surface area (Å²) in [6.45, 7) is 0. The molecule has 0 radical (unpaired) electrons. The Kier molecular flexibility index (Phi) is 2.23. The highest BCUT2D eigenvalue weighted by molar-refractivity contribution is 5.91. The average Bonchev–Trinajstić information content (AvgIpc) is 2.76. The first-order valence-corrected chi connectivity index (χ1v) is 5.56. The van der Waals surface area contributed by atoms with E-state index in [9.17, 15) is 14.9 Å². The van der Waals surface area contributed by atoms with Crippen LogP contribution in [0.15, 0.2) is 36.4 Å². The van der Waals surface area contributed by atoms with Gasteiger partial charge in [-0.2, -0.15) is 0 Å². The zero-order valence-corrected chi connectivity index (χ0v) is 9.42. The van der Waals surface area contributed by atoms with Crippen LogP contribution in [0.5, 0.6) is 0 Å². The van der Waals surface area contributed by atoms with Gasteiger partial charge < -0.3 is 0 Å². The monoisotopic (exact) mass is 239 g/mol. The lowest BCUT2D eigenvalue weighted by Crippen LogP contribution is -1.96. The lowest BCUT2D eigenvalue weighted by molar-refractivity contribution is -0.384. The molecular formula is C14H9NO3. The molecule has 0 saturated heterocycles. The quantitative estimate of drug-likeness (QED) is 0.392. The molecule has 4 nitrogen and oxygen atoms in total. The van der Waals surface area contributed by atoms with Crippen LogP contribution in [-0.2, 0) is 6.42 Å². The minimum atomic E-state index is -0.393. The van der Waals surface area contributed by atoms with Crippen LogP contribution in [0.4, 0.5) is 5.69 Å². The third-order valence-electron chi connectivity index (χ3n) is 3.30. The summed E-state index contributed by atoms with van der Waals surface area (Å²) in [5.41, 5.74) is 3.86. The fourth-order valence-electron chi connectivity index (χ4n) is 2.51. The molecule has 0 unspecified atom stereocenters. The van der Waals surface area contributed by atoms with E-state index in [2.05, 4.69) is 0 Å². The molecular weight excluding hydrogens is 230 g/mol. The van der Waals surface area contributed by atoms with E-state index in [1.165, 1.54) is 12.1 Å². The molecule has 0 aliphatic heterocycles. The van der Waals surface area contributed by atoms with E-state index in [-0.39, 0.29) is 5.69 Å². The van der Waals surface area contributed by atoms with E-state index in [1.807, 2.05) is 24.3 Å². The van der Waals surface area contributed by atoms with Crippen LogP contribution in [0.1, 0.15) is 21.5 Å². The second-order valence-corrected chi connectivity index (χ2v) is 4.24. The van der Waals surface area contributed by atoms with Crippen LogP contribution in [0.25, 0.3) is 11.1 Å². The molecule has 0 aromatic heterocycles. The molecule has 0 fully saturated rings. The molecule has 0 saturated carbocycles. The van der Waals surface area contributed by atoms with Crippen LogP contribution in [0, 0.1) is 10.1 Å². The molecule has 18 heavy (non-hydrogen) atoms. The molecule has 0 heterocycles. The predicted octanol–water partition coefficient (Wildman–Crippen LogP) is 2.98. The molecule has 1 aliphatic rings. The Morgan fingerprint density at radius 3 is 2.67 bits per heavy atom. The Labute approximate surface area is 103 Å². The number of hydrogen-bond donors (Lipinski definition) is 0. The second-order valence-electron chi connectivity index (χ2n) is 4.24. The summed E-state index contributed by atoms with van der Waals surface area (Å²) in [4.78, 5) is 21.7. The number of nitrogens with zero attached hydrogens (tertiary/aromatic N) is 1. The van der Waals surface area contributed by atoms with Gasteiger partial charge in [-0.05, 0) is 29.2 Å². The zero-order valence-electron chi connectivity index (χ0n) is 9.42. The Morgan fingerprint density at radius 2 is 1.94 bits per heavy atom. The van der Waals surface area contributed by atoms with E-state index in [0.29, 0.717) is 17.5 Å². The van der Waals surface area contributed by atoms with Gasteiger partial charge in [-0.3, -0.25) is 14.9 Å². The summed E-state index contributed by atoms with van der Waals surface area (Å²) >= 11 is 0. The fraction of sp³-hybridized carbons (Fsp3) is 0.0714. The zero-order chi connectivity index (χ0) is 12.7. The van der Waals surface area contributed by atoms with Gasteiger partial charge in [-0.25, -0.2) is 0 Å². The normalized spacial score (nSPS) is 11.8. The van der Waals surface area contributed by atoms with Crippen LogP contribution in [-0.4, -0.2) is 11.2 Å². The van der Waals surface area contributed by atoms with Crippen molar-refractivity contribution in [2.75, 3.05) is 0 Å². The van der Waals surface area contributed by atoms with Crippen molar-refractivity contribution in [2.24, 2.45) is 0 Å². The summed E-state index contributed by atoms with van der Waals surface area (Å²) < 4.78 is 0. The van der Waals surface area contributed by atoms with Crippen molar-refractivity contribution in [3.05, 3.63) is 63.2 Å². The average molecular weight is 239 g/mol. The summed E-state index contributed by atoms with van der Waals surface area (Å²) in [5, 5.41) is 11.1. The first-order chi connectivity index (χ1) is 8.72. The first kappa shape index (κ1) is 10.7. The smallest absolute Gasteiger partial charge is 0.277 e. The minimum absolute atomic E-state index is 0.0700. The van der Waals surface area contributed by atoms with Crippen LogP contribution < -0.4 is 0 Å². The first-order valence-electron chi connectivity index (χ1n) is 5.56. The third kappa shape index (κ3) is 1.35. The number of fused-ring (bicyclic) bond motifs is 3. The molecule has 2 aromatic carbocycles. The second kappa shape index (κ2) is 3.77. The minimum Gasteiger partial charge on any atom is -0.298 e. The SMILES string of the molecule is O=Cc1ccc([N+](=O)[O-])c2c1Cc1ccccc1-2. The number of hydrogen-bond acceptors (Lipinski definition) is 3. The number of carbonyl (C=O) groups is 1. The number of nitro groups is 1. The van der Waals surface area contributed by atoms with Crippen molar-refractivity contribution in [2.45, 2.75) is 6.42 Å². The Morgan fingerprint density at radius 1 is 1.17 bits per heavy atom. The van der Waals surface area contributed by atoms with Gasteiger partial charge in [-0.15, -0.1) is 0 Å². The highest BCUT2D eigenvalue weighted by Crippen LogP contribution is 2.43. The van der Waals surface area contributed by atoms with E-state index < -0.39 is 4.92 Å². The highest BCUT2D eigenvalue weighted by atomic mass is 16.6. The van der Waals surface area contributed by atoms with Gasteiger partial charge in [0, 0.05) is 11.6 Å². The molecule has 4 heteroatoms. The molecule has 88 valence electrons. The topological polar surface area (TPSA) is 60.2 Å². The molecule has 0 bridgehead atoms. The lowest BCUT2D eigenvalue weighted by atomic mass is 10.00. The molecule has 3 rings (SSSR count). The van der Waals surface area contributed by atoms with Crippen LogP contribution in [0.2, 0.25) is 0 Å². The van der Waals surface area contributed by atoms with Gasteiger partial charge in [0.05, 0.1) is 10.5 Å². The summed E-state index contributed by atoms with van der Waals surface area (Å²) in [6.07, 6.45) is 1.34. The Bertz CT molecular complexity index is 677. The number of rotatable bonds is 2. The highest BCUT2D eigenvalue weighted by Gasteiger charge is 2.28. The van der Waals surface area contributed by atoms with E-state index >= 15 is 0 Å². The van der Waals surface area contributed by atoms with E-state index in [0.717, 1.165) is 23.0 Å². The van der Waals surface area contributed by atoms with Gasteiger partial charge in [0.2, 0.25) is 0 Å². The summed E-state index contributed by atoms with van der Waals surface area (Å²) in [5.74, 6) is 0. The molecule has 0 spiro atoms. The molecule has 0 atom stereocenters. The van der Waals surface area contributed by atoms with Gasteiger partial charge in [0.15, 0.2) is 0 Å². The Balaban J connectivity index is 2.37. The van der Waals surface area contributed by atoms with Crippen molar-refractivity contribution in [1.82, 2.24) is 0 Å².